The lowest BCUT2D eigenvalue weighted by molar-refractivity contribution is 0.165. The molecule has 2 atom stereocenters. The number of urea groups is 1. The monoisotopic (exact) mass is 322 g/mol. The van der Waals surface area contributed by atoms with Crippen LogP contribution in [0.5, 0.6) is 0 Å². The van der Waals surface area contributed by atoms with Crippen molar-refractivity contribution in [2.45, 2.75) is 38.6 Å². The van der Waals surface area contributed by atoms with Crippen LogP contribution in [0.2, 0.25) is 0 Å². The summed E-state index contributed by atoms with van der Waals surface area (Å²) >= 11 is 2.00. The number of hydrogen-bond donors (Lipinski definition) is 1. The number of nitrogens with zero attached hydrogens (tertiary/aromatic N) is 3. The second kappa shape index (κ2) is 7.40. The lowest BCUT2D eigenvalue weighted by Crippen LogP contribution is -2.47. The minimum Gasteiger partial charge on any atom is -0.338 e. The maximum atomic E-state index is 12.4. The van der Waals surface area contributed by atoms with Crippen LogP contribution in [0.1, 0.15) is 38.1 Å². The minimum atomic E-state index is 0.111. The Kier molecular flexibility index (Phi) is 5.28. The van der Waals surface area contributed by atoms with Gasteiger partial charge in [0.15, 0.2) is 0 Å². The van der Waals surface area contributed by atoms with Gasteiger partial charge in [-0.2, -0.15) is 11.8 Å². The first-order chi connectivity index (χ1) is 10.8. The molecule has 0 spiro atoms. The van der Waals surface area contributed by atoms with Crippen LogP contribution in [-0.4, -0.2) is 51.6 Å². The van der Waals surface area contributed by atoms with Crippen LogP contribution in [0, 0.1) is 5.92 Å². The quantitative estimate of drug-likeness (QED) is 0.927. The van der Waals surface area contributed by atoms with E-state index in [4.69, 9.17) is 0 Å². The van der Waals surface area contributed by atoms with E-state index in [-0.39, 0.29) is 6.03 Å². The summed E-state index contributed by atoms with van der Waals surface area (Å²) in [5, 5.41) is 3.14. The maximum absolute atomic E-state index is 12.4. The Morgan fingerprint density at radius 3 is 3.18 bits per heavy atom. The van der Waals surface area contributed by atoms with E-state index < -0.39 is 0 Å². The highest BCUT2D eigenvalue weighted by Gasteiger charge is 2.26. The Hall–Kier alpha value is -1.17. The first-order valence-electron chi connectivity index (χ1n) is 8.40. The van der Waals surface area contributed by atoms with Gasteiger partial charge in [0, 0.05) is 38.4 Å². The highest BCUT2D eigenvalue weighted by molar-refractivity contribution is 7.99. The number of aryl methyl sites for hydroxylation is 1. The molecule has 3 rings (SSSR count). The predicted octanol–water partition coefficient (Wildman–Crippen LogP) is 2.55. The number of nitrogens with one attached hydrogen (secondary N) is 1. The molecular weight excluding hydrogens is 296 g/mol. The average Bonchev–Trinajstić information content (AvgIpc) is 3.23. The molecule has 0 radical (unpaired) electrons. The predicted molar refractivity (Wildman–Crippen MR) is 90.3 cm³/mol. The number of rotatable bonds is 4. The number of thioether (sulfide) groups is 1. The van der Waals surface area contributed by atoms with E-state index in [1.807, 2.05) is 22.9 Å². The molecule has 5 nitrogen and oxygen atoms in total. The summed E-state index contributed by atoms with van der Waals surface area (Å²) in [6.07, 6.45) is 8.30. The van der Waals surface area contributed by atoms with Crippen LogP contribution in [0.3, 0.4) is 0 Å². The number of piperidine rings is 1. The molecule has 1 N–H and O–H groups in total. The van der Waals surface area contributed by atoms with Crippen molar-refractivity contribution in [1.29, 1.82) is 0 Å². The molecule has 1 aromatic rings. The summed E-state index contributed by atoms with van der Waals surface area (Å²) < 4.78 is 2.26. The number of carbonyl (C=O) groups is 1. The van der Waals surface area contributed by atoms with Gasteiger partial charge in [-0.25, -0.2) is 9.78 Å². The van der Waals surface area contributed by atoms with Gasteiger partial charge in [0.2, 0.25) is 0 Å². The normalized spacial score (nSPS) is 25.4. The zero-order chi connectivity index (χ0) is 15.4. The molecule has 6 heteroatoms. The van der Waals surface area contributed by atoms with Gasteiger partial charge in [0.05, 0.1) is 6.04 Å². The molecule has 0 aliphatic carbocycles. The van der Waals surface area contributed by atoms with Crippen LogP contribution in [0.25, 0.3) is 0 Å². The van der Waals surface area contributed by atoms with Crippen LogP contribution in [0.15, 0.2) is 12.4 Å². The summed E-state index contributed by atoms with van der Waals surface area (Å²) in [5.74, 6) is 4.22. The van der Waals surface area contributed by atoms with Crippen LogP contribution in [-0.2, 0) is 6.42 Å². The maximum Gasteiger partial charge on any atom is 0.317 e. The highest BCUT2D eigenvalue weighted by atomic mass is 32.2. The van der Waals surface area contributed by atoms with Crippen LogP contribution in [0.4, 0.5) is 4.79 Å². The molecule has 3 heterocycles. The molecular formula is C16H26N4OS. The Morgan fingerprint density at radius 2 is 2.41 bits per heavy atom. The summed E-state index contributed by atoms with van der Waals surface area (Å²) in [7, 11) is 0. The third-order valence-corrected chi connectivity index (χ3v) is 5.94. The molecule has 22 heavy (non-hydrogen) atoms. The molecule has 0 unspecified atom stereocenters. The van der Waals surface area contributed by atoms with Gasteiger partial charge in [0.1, 0.15) is 5.82 Å². The van der Waals surface area contributed by atoms with Gasteiger partial charge in [-0.05, 0) is 36.7 Å². The Bertz CT molecular complexity index is 498. The molecule has 2 aliphatic heterocycles. The fourth-order valence-corrected chi connectivity index (χ4v) is 4.69. The zero-order valence-electron chi connectivity index (χ0n) is 13.3. The molecule has 2 saturated heterocycles. The van der Waals surface area contributed by atoms with Crippen LogP contribution >= 0.6 is 11.8 Å². The second-order valence-corrected chi connectivity index (χ2v) is 7.41. The van der Waals surface area contributed by atoms with E-state index in [0.717, 1.165) is 44.7 Å². The molecule has 0 bridgehead atoms. The Labute approximate surface area is 136 Å². The van der Waals surface area contributed by atoms with E-state index in [1.54, 1.807) is 0 Å². The van der Waals surface area contributed by atoms with E-state index in [9.17, 15) is 4.79 Å². The first kappa shape index (κ1) is 15.7. The fourth-order valence-electron chi connectivity index (χ4n) is 3.40. The van der Waals surface area contributed by atoms with Crippen molar-refractivity contribution in [3.63, 3.8) is 0 Å². The highest BCUT2D eigenvalue weighted by Crippen LogP contribution is 2.24. The topological polar surface area (TPSA) is 50.2 Å². The summed E-state index contributed by atoms with van der Waals surface area (Å²) in [6, 6.07) is 0.485. The van der Waals surface area contributed by atoms with E-state index in [0.29, 0.717) is 12.0 Å². The SMILES string of the molecule is CCc1nccn1[C@@H]1CCCN(C(=O)NC[C@H]2CCSC2)C1. The summed E-state index contributed by atoms with van der Waals surface area (Å²) in [5.41, 5.74) is 0. The number of amides is 2. The van der Waals surface area contributed by atoms with Crippen molar-refractivity contribution in [1.82, 2.24) is 19.8 Å². The fraction of sp³-hybridized carbons (Fsp3) is 0.750. The van der Waals surface area contributed by atoms with Crippen molar-refractivity contribution < 1.29 is 4.79 Å². The van der Waals surface area contributed by atoms with Gasteiger partial charge in [0.25, 0.3) is 0 Å². The van der Waals surface area contributed by atoms with E-state index in [1.165, 1.54) is 17.9 Å². The van der Waals surface area contributed by atoms with Gasteiger partial charge in [-0.3, -0.25) is 0 Å². The number of hydrogen-bond acceptors (Lipinski definition) is 3. The number of imidazole rings is 1. The molecule has 122 valence electrons. The van der Waals surface area contributed by atoms with Crippen molar-refractivity contribution in [3.05, 3.63) is 18.2 Å². The van der Waals surface area contributed by atoms with Crippen molar-refractivity contribution in [3.8, 4) is 0 Å². The largest absolute Gasteiger partial charge is 0.338 e. The number of aromatic nitrogens is 2. The van der Waals surface area contributed by atoms with E-state index in [2.05, 4.69) is 28.0 Å². The number of carbonyl (C=O) groups excluding carboxylic acids is 1. The van der Waals surface area contributed by atoms with Gasteiger partial charge in [-0.15, -0.1) is 0 Å². The lowest BCUT2D eigenvalue weighted by atomic mass is 10.1. The minimum absolute atomic E-state index is 0.111. The van der Waals surface area contributed by atoms with Gasteiger partial charge >= 0.3 is 6.03 Å². The first-order valence-corrected chi connectivity index (χ1v) is 9.55. The van der Waals surface area contributed by atoms with Crippen molar-refractivity contribution in [2.24, 2.45) is 5.92 Å². The summed E-state index contributed by atoms with van der Waals surface area (Å²) in [6.45, 7) is 4.64. The Balaban J connectivity index is 1.54. The number of likely N-dealkylation sites (tertiary alicyclic amines) is 1. The molecule has 1 aromatic heterocycles. The third-order valence-electron chi connectivity index (χ3n) is 4.71. The lowest BCUT2D eigenvalue weighted by Gasteiger charge is -2.34. The molecule has 2 amide bonds. The smallest absolute Gasteiger partial charge is 0.317 e. The second-order valence-electron chi connectivity index (χ2n) is 6.26. The van der Waals surface area contributed by atoms with Crippen molar-refractivity contribution >= 4 is 17.8 Å². The standard InChI is InChI=1S/C16H26N4OS/c1-2-15-17-6-8-20(15)14-4-3-7-19(11-14)16(21)18-10-13-5-9-22-12-13/h6,8,13-14H,2-5,7,9-12H2,1H3,(H,18,21)/t13-,14-/m1/s1. The average molecular weight is 322 g/mol. The molecule has 0 saturated carbocycles. The van der Waals surface area contributed by atoms with Gasteiger partial charge < -0.3 is 14.8 Å². The van der Waals surface area contributed by atoms with E-state index >= 15 is 0 Å². The Morgan fingerprint density at radius 1 is 1.50 bits per heavy atom. The zero-order valence-corrected chi connectivity index (χ0v) is 14.1. The van der Waals surface area contributed by atoms with Crippen molar-refractivity contribution in [2.75, 3.05) is 31.1 Å². The summed E-state index contributed by atoms with van der Waals surface area (Å²) in [4.78, 5) is 18.8. The molecule has 0 aromatic carbocycles. The molecule has 2 aliphatic rings. The molecule has 2 fully saturated rings. The third kappa shape index (κ3) is 3.59. The van der Waals surface area contributed by atoms with Gasteiger partial charge in [-0.1, -0.05) is 6.92 Å². The van der Waals surface area contributed by atoms with Crippen LogP contribution < -0.4 is 5.32 Å².